The molecule has 0 heterocycles. The van der Waals surface area contributed by atoms with Gasteiger partial charge in [0.2, 0.25) is 0 Å². The molecule has 0 spiro atoms. The Morgan fingerprint density at radius 3 is 1.90 bits per heavy atom. The van der Waals surface area contributed by atoms with Gasteiger partial charge in [0.1, 0.15) is 11.5 Å². The summed E-state index contributed by atoms with van der Waals surface area (Å²) in [5, 5.41) is 14.4. The molecule has 0 aromatic heterocycles. The number of hydrogen-bond donors (Lipinski definition) is 2. The SMILES string of the molecule is Cc1cccc(C)c1OCCCNCc1cc(C(C)(C)C)c(O)c(C(C)(C)C)c1. The highest BCUT2D eigenvalue weighted by Crippen LogP contribution is 2.39. The van der Waals surface area contributed by atoms with Gasteiger partial charge in [-0.05, 0) is 65.5 Å². The predicted molar refractivity (Wildman–Crippen MR) is 123 cm³/mol. The first-order valence-corrected chi connectivity index (χ1v) is 10.7. The van der Waals surface area contributed by atoms with Crippen LogP contribution in [0.25, 0.3) is 0 Å². The number of phenolic OH excluding ortho intramolecular Hbond substituents is 1. The smallest absolute Gasteiger partial charge is 0.125 e. The van der Waals surface area contributed by atoms with Gasteiger partial charge < -0.3 is 15.2 Å². The topological polar surface area (TPSA) is 41.5 Å². The van der Waals surface area contributed by atoms with Crippen molar-refractivity contribution < 1.29 is 9.84 Å². The first-order chi connectivity index (χ1) is 13.4. The summed E-state index contributed by atoms with van der Waals surface area (Å²) in [5.41, 5.74) is 5.42. The summed E-state index contributed by atoms with van der Waals surface area (Å²) in [4.78, 5) is 0. The molecular formula is C26H39NO2. The largest absolute Gasteiger partial charge is 0.507 e. The molecule has 0 fully saturated rings. The first-order valence-electron chi connectivity index (χ1n) is 10.7. The zero-order chi connectivity index (χ0) is 21.8. The van der Waals surface area contributed by atoms with Crippen molar-refractivity contribution in [3.05, 3.63) is 58.1 Å². The normalized spacial score (nSPS) is 12.3. The van der Waals surface area contributed by atoms with E-state index in [1.54, 1.807) is 0 Å². The highest BCUT2D eigenvalue weighted by molar-refractivity contribution is 5.49. The molecule has 0 atom stereocenters. The Kier molecular flexibility index (Phi) is 7.40. The Labute approximate surface area is 177 Å². The van der Waals surface area contributed by atoms with Crippen LogP contribution in [0.2, 0.25) is 0 Å². The highest BCUT2D eigenvalue weighted by atomic mass is 16.5. The summed E-state index contributed by atoms with van der Waals surface area (Å²) in [6.07, 6.45) is 0.949. The number of hydrogen-bond acceptors (Lipinski definition) is 3. The molecule has 0 radical (unpaired) electrons. The standard InChI is InChI=1S/C26H39NO2/c1-18-11-9-12-19(2)24(18)29-14-10-13-27-17-20-15-21(25(3,4)5)23(28)22(16-20)26(6,7)8/h9,11-12,15-16,27-28H,10,13-14,17H2,1-8H3. The molecule has 160 valence electrons. The molecule has 0 aliphatic heterocycles. The lowest BCUT2D eigenvalue weighted by atomic mass is 9.78. The quantitative estimate of drug-likeness (QED) is 0.550. The zero-order valence-electron chi connectivity index (χ0n) is 19.6. The third kappa shape index (κ3) is 6.24. The van der Waals surface area contributed by atoms with Gasteiger partial charge in [0.25, 0.3) is 0 Å². The number of phenols is 1. The monoisotopic (exact) mass is 397 g/mol. The van der Waals surface area contributed by atoms with Gasteiger partial charge in [-0.15, -0.1) is 0 Å². The van der Waals surface area contributed by atoms with E-state index in [4.69, 9.17) is 4.74 Å². The van der Waals surface area contributed by atoms with E-state index in [0.29, 0.717) is 12.4 Å². The number of ether oxygens (including phenoxy) is 1. The fourth-order valence-corrected chi connectivity index (χ4v) is 3.57. The number of aromatic hydroxyl groups is 1. The van der Waals surface area contributed by atoms with E-state index in [9.17, 15) is 5.11 Å². The van der Waals surface area contributed by atoms with E-state index in [1.165, 1.54) is 16.7 Å². The number of aryl methyl sites for hydroxylation is 2. The predicted octanol–water partition coefficient (Wildman–Crippen LogP) is 6.16. The molecule has 0 saturated heterocycles. The van der Waals surface area contributed by atoms with Crippen LogP contribution in [0.3, 0.4) is 0 Å². The molecule has 2 aromatic carbocycles. The van der Waals surface area contributed by atoms with E-state index >= 15 is 0 Å². The average Bonchev–Trinajstić information content (AvgIpc) is 2.59. The van der Waals surface area contributed by atoms with Gasteiger partial charge in [-0.3, -0.25) is 0 Å². The molecule has 0 amide bonds. The molecule has 0 bridgehead atoms. The molecule has 2 N–H and O–H groups in total. The summed E-state index contributed by atoms with van der Waals surface area (Å²) in [7, 11) is 0. The maximum atomic E-state index is 10.8. The zero-order valence-corrected chi connectivity index (χ0v) is 19.6. The lowest BCUT2D eigenvalue weighted by Gasteiger charge is -2.28. The third-order valence-electron chi connectivity index (χ3n) is 5.27. The van der Waals surface area contributed by atoms with Crippen LogP contribution in [0.1, 0.15) is 75.8 Å². The minimum Gasteiger partial charge on any atom is -0.507 e. The van der Waals surface area contributed by atoms with Crippen LogP contribution in [0, 0.1) is 13.8 Å². The summed E-state index contributed by atoms with van der Waals surface area (Å²) in [6.45, 7) is 19.5. The van der Waals surface area contributed by atoms with Crippen molar-refractivity contribution >= 4 is 0 Å². The lowest BCUT2D eigenvalue weighted by molar-refractivity contribution is 0.304. The van der Waals surface area contributed by atoms with Gasteiger partial charge in [-0.1, -0.05) is 71.9 Å². The number of rotatable bonds is 7. The summed E-state index contributed by atoms with van der Waals surface area (Å²) in [5.74, 6) is 1.45. The molecule has 0 saturated carbocycles. The van der Waals surface area contributed by atoms with E-state index in [2.05, 4.69) is 91.0 Å². The van der Waals surface area contributed by atoms with Crippen LogP contribution in [-0.2, 0) is 17.4 Å². The van der Waals surface area contributed by atoms with Crippen LogP contribution < -0.4 is 10.1 Å². The van der Waals surface area contributed by atoms with Crippen molar-refractivity contribution in [2.45, 2.75) is 79.2 Å². The lowest BCUT2D eigenvalue weighted by Crippen LogP contribution is -2.21. The summed E-state index contributed by atoms with van der Waals surface area (Å²) < 4.78 is 5.99. The van der Waals surface area contributed by atoms with E-state index < -0.39 is 0 Å². The van der Waals surface area contributed by atoms with Gasteiger partial charge in [0, 0.05) is 6.54 Å². The Hall–Kier alpha value is -2.00. The number of para-hydroxylation sites is 1. The Balaban J connectivity index is 1.97. The van der Waals surface area contributed by atoms with Crippen LogP contribution >= 0.6 is 0 Å². The highest BCUT2D eigenvalue weighted by Gasteiger charge is 2.26. The van der Waals surface area contributed by atoms with Crippen LogP contribution in [0.15, 0.2) is 30.3 Å². The Bertz CT molecular complexity index is 770. The Morgan fingerprint density at radius 1 is 0.897 bits per heavy atom. The fourth-order valence-electron chi connectivity index (χ4n) is 3.57. The second kappa shape index (κ2) is 9.21. The van der Waals surface area contributed by atoms with E-state index in [1.807, 2.05) is 0 Å². The van der Waals surface area contributed by atoms with E-state index in [0.717, 1.165) is 36.4 Å². The molecule has 0 aliphatic carbocycles. The maximum absolute atomic E-state index is 10.8. The minimum absolute atomic E-state index is 0.0979. The molecule has 3 nitrogen and oxygen atoms in total. The molecule has 3 heteroatoms. The van der Waals surface area contributed by atoms with E-state index in [-0.39, 0.29) is 10.8 Å². The second-order valence-corrected chi connectivity index (χ2v) is 10.1. The van der Waals surface area contributed by atoms with Gasteiger partial charge in [-0.2, -0.15) is 0 Å². The first kappa shape index (κ1) is 23.3. The van der Waals surface area contributed by atoms with Crippen molar-refractivity contribution in [2.24, 2.45) is 0 Å². The van der Waals surface area contributed by atoms with Crippen molar-refractivity contribution in [3.63, 3.8) is 0 Å². The molecular weight excluding hydrogens is 358 g/mol. The molecule has 0 aliphatic rings. The van der Waals surface area contributed by atoms with Crippen LogP contribution in [0.5, 0.6) is 11.5 Å². The average molecular weight is 398 g/mol. The van der Waals surface area contributed by atoms with Gasteiger partial charge in [-0.25, -0.2) is 0 Å². The van der Waals surface area contributed by atoms with Crippen molar-refractivity contribution in [1.29, 1.82) is 0 Å². The van der Waals surface area contributed by atoms with Crippen LogP contribution in [-0.4, -0.2) is 18.3 Å². The number of nitrogens with one attached hydrogen (secondary N) is 1. The number of benzene rings is 2. The maximum Gasteiger partial charge on any atom is 0.125 e. The molecule has 2 rings (SSSR count). The fraction of sp³-hybridized carbons (Fsp3) is 0.538. The van der Waals surface area contributed by atoms with Crippen LogP contribution in [0.4, 0.5) is 0 Å². The van der Waals surface area contributed by atoms with Gasteiger partial charge in [0.05, 0.1) is 6.61 Å². The molecule has 0 unspecified atom stereocenters. The van der Waals surface area contributed by atoms with Crippen molar-refractivity contribution in [3.8, 4) is 11.5 Å². The second-order valence-electron chi connectivity index (χ2n) is 10.1. The summed E-state index contributed by atoms with van der Waals surface area (Å²) >= 11 is 0. The van der Waals surface area contributed by atoms with Gasteiger partial charge >= 0.3 is 0 Å². The third-order valence-corrected chi connectivity index (χ3v) is 5.27. The van der Waals surface area contributed by atoms with Crippen molar-refractivity contribution in [1.82, 2.24) is 5.32 Å². The van der Waals surface area contributed by atoms with Gasteiger partial charge in [0.15, 0.2) is 0 Å². The minimum atomic E-state index is -0.0979. The Morgan fingerprint density at radius 2 is 1.41 bits per heavy atom. The summed E-state index contributed by atoms with van der Waals surface area (Å²) in [6, 6.07) is 10.5. The van der Waals surface area contributed by atoms with Crippen molar-refractivity contribution in [2.75, 3.05) is 13.2 Å². The molecule has 29 heavy (non-hydrogen) atoms. The molecule has 2 aromatic rings.